The van der Waals surface area contributed by atoms with E-state index in [1.54, 1.807) is 6.92 Å². The summed E-state index contributed by atoms with van der Waals surface area (Å²) in [7, 11) is 0. The van der Waals surface area contributed by atoms with E-state index in [-0.39, 0.29) is 18.8 Å². The third-order valence-electron chi connectivity index (χ3n) is 2.94. The van der Waals surface area contributed by atoms with Crippen molar-refractivity contribution in [3.8, 4) is 0 Å². The molecular formula is C12H20O7. The first kappa shape index (κ1) is 16.2. The summed E-state index contributed by atoms with van der Waals surface area (Å²) in [6, 6.07) is 0. The van der Waals surface area contributed by atoms with Crippen LogP contribution in [0.25, 0.3) is 0 Å². The SMILES string of the molecule is C=C(C)C(=O)CCOC1O[C@H](CO)[C@H](O)[C@H](O)[C@H]1O. The van der Waals surface area contributed by atoms with Crippen LogP contribution in [0, 0.1) is 0 Å². The van der Waals surface area contributed by atoms with Gasteiger partial charge in [0, 0.05) is 6.42 Å². The van der Waals surface area contributed by atoms with Crippen LogP contribution in [0.15, 0.2) is 12.2 Å². The Kier molecular flexibility index (Phi) is 6.05. The van der Waals surface area contributed by atoms with Gasteiger partial charge in [0.2, 0.25) is 0 Å². The number of allylic oxidation sites excluding steroid dienone is 1. The average Bonchev–Trinajstić information content (AvgIpc) is 2.38. The van der Waals surface area contributed by atoms with Crippen LogP contribution in [-0.2, 0) is 14.3 Å². The Balaban J connectivity index is 2.48. The van der Waals surface area contributed by atoms with E-state index in [0.29, 0.717) is 5.57 Å². The summed E-state index contributed by atoms with van der Waals surface area (Å²) in [5.74, 6) is -0.176. The Morgan fingerprint density at radius 1 is 1.26 bits per heavy atom. The number of aliphatic hydroxyl groups excluding tert-OH is 4. The molecule has 0 radical (unpaired) electrons. The van der Waals surface area contributed by atoms with Crippen LogP contribution in [-0.4, -0.2) is 70.1 Å². The number of hydrogen-bond acceptors (Lipinski definition) is 7. The van der Waals surface area contributed by atoms with Gasteiger partial charge in [-0.25, -0.2) is 0 Å². The number of ketones is 1. The number of ether oxygens (including phenoxy) is 2. The highest BCUT2D eigenvalue weighted by Crippen LogP contribution is 2.22. The predicted molar refractivity (Wildman–Crippen MR) is 64.2 cm³/mol. The van der Waals surface area contributed by atoms with Crippen molar-refractivity contribution in [3.63, 3.8) is 0 Å². The third kappa shape index (κ3) is 4.07. The average molecular weight is 276 g/mol. The minimum atomic E-state index is -1.48. The fourth-order valence-electron chi connectivity index (χ4n) is 1.69. The molecule has 4 N–H and O–H groups in total. The van der Waals surface area contributed by atoms with E-state index in [1.807, 2.05) is 0 Å². The summed E-state index contributed by atoms with van der Waals surface area (Å²) in [5, 5.41) is 37.7. The van der Waals surface area contributed by atoms with Crippen LogP contribution in [0.2, 0.25) is 0 Å². The number of Topliss-reactive ketones (excluding diaryl/α,β-unsaturated/α-hetero) is 1. The van der Waals surface area contributed by atoms with Crippen molar-refractivity contribution in [2.75, 3.05) is 13.2 Å². The molecule has 0 bridgehead atoms. The summed E-state index contributed by atoms with van der Waals surface area (Å²) in [6.45, 7) is 4.53. The van der Waals surface area contributed by atoms with Crippen molar-refractivity contribution in [3.05, 3.63) is 12.2 Å². The number of carbonyl (C=O) groups excluding carboxylic acids is 1. The standard InChI is InChI=1S/C12H20O7/c1-6(2)7(14)3-4-18-12-11(17)10(16)9(15)8(5-13)19-12/h8-13,15-17H,1,3-5H2,2H3/t8-,9+,10+,11-,12?/m1/s1. The largest absolute Gasteiger partial charge is 0.394 e. The molecule has 0 saturated carbocycles. The Bertz CT molecular complexity index is 328. The van der Waals surface area contributed by atoms with Crippen molar-refractivity contribution >= 4 is 5.78 Å². The van der Waals surface area contributed by atoms with Crippen LogP contribution in [0.1, 0.15) is 13.3 Å². The van der Waals surface area contributed by atoms with Crippen molar-refractivity contribution in [1.82, 2.24) is 0 Å². The second-order valence-electron chi connectivity index (χ2n) is 4.52. The molecule has 1 aliphatic rings. The molecule has 5 atom stereocenters. The molecule has 1 aliphatic heterocycles. The van der Waals surface area contributed by atoms with Crippen molar-refractivity contribution in [1.29, 1.82) is 0 Å². The molecule has 0 aliphatic carbocycles. The van der Waals surface area contributed by atoms with Gasteiger partial charge < -0.3 is 29.9 Å². The zero-order chi connectivity index (χ0) is 14.6. The maximum atomic E-state index is 11.3. The van der Waals surface area contributed by atoms with Gasteiger partial charge in [-0.2, -0.15) is 0 Å². The lowest BCUT2D eigenvalue weighted by Crippen LogP contribution is -2.59. The first-order chi connectivity index (χ1) is 8.88. The zero-order valence-corrected chi connectivity index (χ0v) is 10.7. The molecule has 1 rings (SSSR count). The molecule has 0 spiro atoms. The van der Waals surface area contributed by atoms with Crippen molar-refractivity contribution in [2.24, 2.45) is 0 Å². The molecule has 1 saturated heterocycles. The van der Waals surface area contributed by atoms with E-state index < -0.39 is 37.3 Å². The molecule has 0 aromatic carbocycles. The fourth-order valence-corrected chi connectivity index (χ4v) is 1.69. The normalized spacial score (nSPS) is 35.1. The van der Waals surface area contributed by atoms with Gasteiger partial charge in [-0.05, 0) is 12.5 Å². The lowest BCUT2D eigenvalue weighted by atomic mass is 9.99. The van der Waals surface area contributed by atoms with Gasteiger partial charge in [0.15, 0.2) is 12.1 Å². The highest BCUT2D eigenvalue weighted by atomic mass is 16.7. The Labute approximate surface area is 111 Å². The summed E-state index contributed by atoms with van der Waals surface area (Å²) < 4.78 is 10.3. The molecule has 1 unspecified atom stereocenters. The number of aliphatic hydroxyl groups is 4. The third-order valence-corrected chi connectivity index (χ3v) is 2.94. The van der Waals surface area contributed by atoms with Crippen LogP contribution in [0.3, 0.4) is 0 Å². The smallest absolute Gasteiger partial charge is 0.186 e. The van der Waals surface area contributed by atoms with E-state index in [1.165, 1.54) is 0 Å². The number of rotatable bonds is 6. The maximum Gasteiger partial charge on any atom is 0.186 e. The Hall–Kier alpha value is -0.830. The summed E-state index contributed by atoms with van der Waals surface area (Å²) in [6.07, 6.45) is -6.49. The molecule has 110 valence electrons. The minimum Gasteiger partial charge on any atom is -0.394 e. The molecule has 1 fully saturated rings. The number of carbonyl (C=O) groups is 1. The van der Waals surface area contributed by atoms with Gasteiger partial charge in [-0.15, -0.1) is 0 Å². The Morgan fingerprint density at radius 3 is 2.42 bits per heavy atom. The van der Waals surface area contributed by atoms with Crippen LogP contribution in [0.5, 0.6) is 0 Å². The van der Waals surface area contributed by atoms with Gasteiger partial charge in [0.05, 0.1) is 13.2 Å². The summed E-state index contributed by atoms with van der Waals surface area (Å²) in [4.78, 5) is 11.3. The van der Waals surface area contributed by atoms with Gasteiger partial charge >= 0.3 is 0 Å². The molecule has 0 amide bonds. The second-order valence-corrected chi connectivity index (χ2v) is 4.52. The first-order valence-electron chi connectivity index (χ1n) is 5.99. The molecule has 1 heterocycles. The van der Waals surface area contributed by atoms with E-state index in [0.717, 1.165) is 0 Å². The molecule has 0 aromatic rings. The fraction of sp³-hybridized carbons (Fsp3) is 0.750. The molecule has 7 heteroatoms. The van der Waals surface area contributed by atoms with Crippen LogP contribution in [0.4, 0.5) is 0 Å². The highest BCUT2D eigenvalue weighted by Gasteiger charge is 2.43. The van der Waals surface area contributed by atoms with Gasteiger partial charge in [-0.3, -0.25) is 4.79 Å². The molecule has 7 nitrogen and oxygen atoms in total. The topological polar surface area (TPSA) is 116 Å². The van der Waals surface area contributed by atoms with E-state index in [4.69, 9.17) is 14.6 Å². The lowest BCUT2D eigenvalue weighted by Gasteiger charge is -2.39. The van der Waals surface area contributed by atoms with E-state index in [9.17, 15) is 20.1 Å². The quantitative estimate of drug-likeness (QED) is 0.429. The van der Waals surface area contributed by atoms with Crippen LogP contribution < -0.4 is 0 Å². The molecule has 0 aromatic heterocycles. The molecular weight excluding hydrogens is 256 g/mol. The van der Waals surface area contributed by atoms with E-state index >= 15 is 0 Å². The highest BCUT2D eigenvalue weighted by molar-refractivity contribution is 5.94. The van der Waals surface area contributed by atoms with E-state index in [2.05, 4.69) is 6.58 Å². The predicted octanol–water partition coefficient (Wildman–Crippen LogP) is -1.66. The number of hydrogen-bond donors (Lipinski definition) is 4. The van der Waals surface area contributed by atoms with Gasteiger partial charge in [0.1, 0.15) is 24.4 Å². The first-order valence-corrected chi connectivity index (χ1v) is 5.99. The van der Waals surface area contributed by atoms with Crippen LogP contribution >= 0.6 is 0 Å². The van der Waals surface area contributed by atoms with Crippen molar-refractivity contribution < 1.29 is 34.7 Å². The monoisotopic (exact) mass is 276 g/mol. The van der Waals surface area contributed by atoms with Crippen molar-refractivity contribution in [2.45, 2.75) is 44.1 Å². The molecule has 19 heavy (non-hydrogen) atoms. The minimum absolute atomic E-state index is 0.0195. The maximum absolute atomic E-state index is 11.3. The second kappa shape index (κ2) is 7.09. The lowest BCUT2D eigenvalue weighted by molar-refractivity contribution is -0.300. The van der Waals surface area contributed by atoms with Gasteiger partial charge in [0.25, 0.3) is 0 Å². The summed E-state index contributed by atoms with van der Waals surface area (Å²) >= 11 is 0. The zero-order valence-electron chi connectivity index (χ0n) is 10.7. The Morgan fingerprint density at radius 2 is 1.89 bits per heavy atom. The summed E-state index contributed by atoms with van der Waals surface area (Å²) in [5.41, 5.74) is 0.400. The van der Waals surface area contributed by atoms with Gasteiger partial charge in [-0.1, -0.05) is 6.58 Å².